The minimum Gasteiger partial charge on any atom is -0.390 e. The first-order valence-corrected chi connectivity index (χ1v) is 7.73. The summed E-state index contributed by atoms with van der Waals surface area (Å²) in [5, 5.41) is 12.7. The second-order valence-electron chi connectivity index (χ2n) is 5.35. The van der Waals surface area contributed by atoms with E-state index in [0.29, 0.717) is 6.54 Å². The van der Waals surface area contributed by atoms with E-state index < -0.39 is 6.10 Å². The molecular weight excluding hydrogens is 298 g/mol. The predicted molar refractivity (Wildman–Crippen MR) is 91.0 cm³/mol. The number of fused-ring (bicyclic) bond motifs is 1. The van der Waals surface area contributed by atoms with Gasteiger partial charge in [-0.3, -0.25) is 4.57 Å². The van der Waals surface area contributed by atoms with Crippen molar-refractivity contribution in [1.82, 2.24) is 9.55 Å². The number of nitrogens with one attached hydrogen (secondary N) is 1. The smallest absolute Gasteiger partial charge is 0.100 e. The summed E-state index contributed by atoms with van der Waals surface area (Å²) < 4.78 is 2.07. The number of nitrogens with zero attached hydrogens (tertiary/aromatic N) is 2. The highest BCUT2D eigenvalue weighted by Gasteiger charge is 2.07. The SMILES string of the molecule is Cc1cccc(-n2cnc3cc(NCC(O)CCl)ccc32)c1. The Morgan fingerprint density at radius 3 is 2.91 bits per heavy atom. The van der Waals surface area contributed by atoms with Gasteiger partial charge in [-0.15, -0.1) is 11.6 Å². The average Bonchev–Trinajstić information content (AvgIpc) is 2.95. The zero-order chi connectivity index (χ0) is 15.5. The second kappa shape index (κ2) is 6.38. The van der Waals surface area contributed by atoms with E-state index in [1.807, 2.05) is 30.6 Å². The summed E-state index contributed by atoms with van der Waals surface area (Å²) in [4.78, 5) is 4.47. The van der Waals surface area contributed by atoms with Crippen LogP contribution in [0.15, 0.2) is 48.8 Å². The van der Waals surface area contributed by atoms with Crippen molar-refractivity contribution in [3.8, 4) is 5.69 Å². The van der Waals surface area contributed by atoms with Crippen LogP contribution in [0, 0.1) is 6.92 Å². The van der Waals surface area contributed by atoms with Gasteiger partial charge in [-0.25, -0.2) is 4.98 Å². The molecule has 22 heavy (non-hydrogen) atoms. The Kier molecular flexibility index (Phi) is 4.32. The highest BCUT2D eigenvalue weighted by molar-refractivity contribution is 6.18. The Bertz CT molecular complexity index is 784. The number of imidazole rings is 1. The molecule has 5 heteroatoms. The molecular formula is C17H18ClN3O. The van der Waals surface area contributed by atoms with Crippen LogP contribution < -0.4 is 5.32 Å². The molecule has 0 aliphatic carbocycles. The molecule has 3 rings (SSSR count). The van der Waals surface area contributed by atoms with E-state index in [1.54, 1.807) is 0 Å². The summed E-state index contributed by atoms with van der Waals surface area (Å²) in [5.74, 6) is 0.219. The predicted octanol–water partition coefficient (Wildman–Crippen LogP) is 3.35. The van der Waals surface area contributed by atoms with Crippen molar-refractivity contribution in [3.63, 3.8) is 0 Å². The molecule has 0 saturated carbocycles. The van der Waals surface area contributed by atoms with Gasteiger partial charge in [0.1, 0.15) is 6.33 Å². The second-order valence-corrected chi connectivity index (χ2v) is 5.65. The van der Waals surface area contributed by atoms with Crippen LogP contribution in [0.25, 0.3) is 16.7 Å². The maximum Gasteiger partial charge on any atom is 0.100 e. The standard InChI is InChI=1S/C17H18ClN3O/c1-12-3-2-4-14(7-12)21-11-20-16-8-13(5-6-17(16)21)19-10-15(22)9-18/h2-8,11,15,19,22H,9-10H2,1H3. The Balaban J connectivity index is 1.89. The zero-order valence-electron chi connectivity index (χ0n) is 12.3. The Labute approximate surface area is 134 Å². The molecule has 0 saturated heterocycles. The molecule has 0 spiro atoms. The van der Waals surface area contributed by atoms with Gasteiger partial charge in [0.05, 0.1) is 23.0 Å². The number of aryl methyl sites for hydroxylation is 1. The molecule has 3 aromatic rings. The summed E-state index contributed by atoms with van der Waals surface area (Å²) in [6.45, 7) is 2.50. The first kappa shape index (κ1) is 14.9. The van der Waals surface area contributed by atoms with Crippen molar-refractivity contribution >= 4 is 28.3 Å². The maximum absolute atomic E-state index is 9.50. The fourth-order valence-corrected chi connectivity index (χ4v) is 2.51. The summed E-state index contributed by atoms with van der Waals surface area (Å²) in [7, 11) is 0. The van der Waals surface area contributed by atoms with E-state index in [2.05, 4.69) is 40.0 Å². The molecule has 4 nitrogen and oxygen atoms in total. The highest BCUT2D eigenvalue weighted by Crippen LogP contribution is 2.22. The number of hydrogen-bond donors (Lipinski definition) is 2. The number of hydrogen-bond acceptors (Lipinski definition) is 3. The zero-order valence-corrected chi connectivity index (χ0v) is 13.1. The average molecular weight is 316 g/mol. The Morgan fingerprint density at radius 2 is 2.14 bits per heavy atom. The number of aliphatic hydroxyl groups is 1. The quantitative estimate of drug-likeness (QED) is 0.710. The minimum atomic E-state index is -0.554. The first-order valence-electron chi connectivity index (χ1n) is 7.19. The fourth-order valence-electron chi connectivity index (χ4n) is 2.40. The highest BCUT2D eigenvalue weighted by atomic mass is 35.5. The molecule has 1 unspecified atom stereocenters. The molecule has 1 heterocycles. The molecule has 2 N–H and O–H groups in total. The lowest BCUT2D eigenvalue weighted by atomic mass is 10.2. The maximum atomic E-state index is 9.50. The topological polar surface area (TPSA) is 50.1 Å². The van der Waals surface area contributed by atoms with Crippen molar-refractivity contribution in [2.45, 2.75) is 13.0 Å². The number of aromatic nitrogens is 2. The third-order valence-electron chi connectivity index (χ3n) is 3.55. The molecule has 1 atom stereocenters. The molecule has 0 aliphatic heterocycles. The lowest BCUT2D eigenvalue weighted by molar-refractivity contribution is 0.211. The molecule has 0 aliphatic rings. The van der Waals surface area contributed by atoms with Gasteiger partial charge in [-0.1, -0.05) is 12.1 Å². The largest absolute Gasteiger partial charge is 0.390 e. The Morgan fingerprint density at radius 1 is 1.27 bits per heavy atom. The fraction of sp³-hybridized carbons (Fsp3) is 0.235. The molecule has 0 fully saturated rings. The van der Waals surface area contributed by atoms with Crippen LogP contribution in [0.1, 0.15) is 5.56 Å². The van der Waals surface area contributed by atoms with E-state index in [9.17, 15) is 5.11 Å². The molecule has 0 bridgehead atoms. The van der Waals surface area contributed by atoms with Gasteiger partial charge in [0.2, 0.25) is 0 Å². The van der Waals surface area contributed by atoms with E-state index >= 15 is 0 Å². The van der Waals surface area contributed by atoms with Gasteiger partial charge < -0.3 is 10.4 Å². The van der Waals surface area contributed by atoms with Crippen LogP contribution in [-0.2, 0) is 0 Å². The van der Waals surface area contributed by atoms with E-state index in [-0.39, 0.29) is 5.88 Å². The monoisotopic (exact) mass is 315 g/mol. The van der Waals surface area contributed by atoms with Crippen LogP contribution in [0.3, 0.4) is 0 Å². The van der Waals surface area contributed by atoms with Crippen molar-refractivity contribution in [2.24, 2.45) is 0 Å². The number of alkyl halides is 1. The summed E-state index contributed by atoms with van der Waals surface area (Å²) >= 11 is 5.59. The van der Waals surface area contributed by atoms with Gasteiger partial charge >= 0.3 is 0 Å². The van der Waals surface area contributed by atoms with Crippen molar-refractivity contribution in [2.75, 3.05) is 17.7 Å². The van der Waals surface area contributed by atoms with Gasteiger partial charge in [0, 0.05) is 17.9 Å². The van der Waals surface area contributed by atoms with Crippen LogP contribution in [0.2, 0.25) is 0 Å². The van der Waals surface area contributed by atoms with Crippen LogP contribution >= 0.6 is 11.6 Å². The summed E-state index contributed by atoms with van der Waals surface area (Å²) in [6, 6.07) is 14.3. The molecule has 0 amide bonds. The van der Waals surface area contributed by atoms with Gasteiger partial charge in [-0.05, 0) is 42.8 Å². The number of aliphatic hydroxyl groups excluding tert-OH is 1. The van der Waals surface area contributed by atoms with Crippen LogP contribution in [-0.4, -0.2) is 33.2 Å². The van der Waals surface area contributed by atoms with Crippen LogP contribution in [0.4, 0.5) is 5.69 Å². The summed E-state index contributed by atoms with van der Waals surface area (Å²) in [6.07, 6.45) is 1.28. The number of rotatable bonds is 5. The van der Waals surface area contributed by atoms with Gasteiger partial charge in [-0.2, -0.15) is 0 Å². The lowest BCUT2D eigenvalue weighted by Gasteiger charge is -2.10. The van der Waals surface area contributed by atoms with Crippen molar-refractivity contribution in [3.05, 3.63) is 54.4 Å². The normalized spacial score (nSPS) is 12.5. The third kappa shape index (κ3) is 3.08. The number of benzene rings is 2. The van der Waals surface area contributed by atoms with Crippen molar-refractivity contribution < 1.29 is 5.11 Å². The third-order valence-corrected chi connectivity index (χ3v) is 3.90. The minimum absolute atomic E-state index is 0.219. The van der Waals surface area contributed by atoms with E-state index in [1.165, 1.54) is 5.56 Å². The van der Waals surface area contributed by atoms with Gasteiger partial charge in [0.25, 0.3) is 0 Å². The molecule has 1 aromatic heterocycles. The van der Waals surface area contributed by atoms with E-state index in [0.717, 1.165) is 22.4 Å². The van der Waals surface area contributed by atoms with Crippen LogP contribution in [0.5, 0.6) is 0 Å². The number of anilines is 1. The number of halogens is 1. The van der Waals surface area contributed by atoms with E-state index in [4.69, 9.17) is 11.6 Å². The van der Waals surface area contributed by atoms with Crippen molar-refractivity contribution in [1.29, 1.82) is 0 Å². The Hall–Kier alpha value is -2.04. The lowest BCUT2D eigenvalue weighted by Crippen LogP contribution is -2.20. The molecule has 2 aromatic carbocycles. The molecule has 0 radical (unpaired) electrons. The summed E-state index contributed by atoms with van der Waals surface area (Å²) in [5.41, 5.74) is 5.19. The molecule has 114 valence electrons. The first-order chi connectivity index (χ1) is 10.7. The van der Waals surface area contributed by atoms with Gasteiger partial charge in [0.15, 0.2) is 0 Å².